The number of carbonyl (C=O) groups is 1. The van der Waals surface area contributed by atoms with Crippen molar-refractivity contribution in [1.29, 1.82) is 0 Å². The van der Waals surface area contributed by atoms with Crippen LogP contribution in [-0.2, 0) is 14.6 Å². The van der Waals surface area contributed by atoms with Crippen LogP contribution in [0.2, 0.25) is 0 Å². The molecule has 1 aliphatic rings. The smallest absolute Gasteiger partial charge is 0.236 e. The third kappa shape index (κ3) is 4.09. The van der Waals surface area contributed by atoms with Crippen molar-refractivity contribution in [3.05, 3.63) is 0 Å². The maximum Gasteiger partial charge on any atom is 0.236 e. The van der Waals surface area contributed by atoms with Gasteiger partial charge in [-0.05, 0) is 26.7 Å². The van der Waals surface area contributed by atoms with Gasteiger partial charge in [0.1, 0.15) is 0 Å². The third-order valence-corrected chi connectivity index (χ3v) is 4.51. The van der Waals surface area contributed by atoms with Crippen LogP contribution in [0, 0.1) is 0 Å². The number of hydrogen-bond acceptors (Lipinski definition) is 4. The van der Waals surface area contributed by atoms with Crippen molar-refractivity contribution >= 4 is 15.7 Å². The molecule has 16 heavy (non-hydrogen) atoms. The van der Waals surface area contributed by atoms with E-state index in [2.05, 4.69) is 10.6 Å². The van der Waals surface area contributed by atoms with Crippen molar-refractivity contribution in [3.63, 3.8) is 0 Å². The Morgan fingerprint density at radius 2 is 2.19 bits per heavy atom. The van der Waals surface area contributed by atoms with Gasteiger partial charge >= 0.3 is 0 Å². The first-order valence-corrected chi connectivity index (χ1v) is 7.51. The fourth-order valence-electron chi connectivity index (χ4n) is 1.91. The van der Waals surface area contributed by atoms with E-state index in [1.807, 2.05) is 6.92 Å². The Morgan fingerprint density at radius 3 is 2.75 bits per heavy atom. The van der Waals surface area contributed by atoms with Crippen LogP contribution in [0.15, 0.2) is 0 Å². The molecule has 1 aliphatic heterocycles. The monoisotopic (exact) mass is 248 g/mol. The summed E-state index contributed by atoms with van der Waals surface area (Å²) in [4.78, 5) is 11.5. The Balaban J connectivity index is 2.45. The van der Waals surface area contributed by atoms with Crippen LogP contribution < -0.4 is 10.6 Å². The van der Waals surface area contributed by atoms with E-state index in [1.165, 1.54) is 0 Å². The van der Waals surface area contributed by atoms with E-state index >= 15 is 0 Å². The van der Waals surface area contributed by atoms with Crippen LogP contribution in [0.3, 0.4) is 0 Å². The molecule has 1 saturated heterocycles. The van der Waals surface area contributed by atoms with E-state index in [0.717, 1.165) is 6.42 Å². The Kier molecular flexibility index (Phi) is 4.73. The summed E-state index contributed by atoms with van der Waals surface area (Å²) < 4.78 is 22.8. The second-order valence-electron chi connectivity index (χ2n) is 4.24. The molecule has 1 rings (SSSR count). The Labute approximate surface area is 96.9 Å². The Hall–Kier alpha value is -0.620. The Morgan fingerprint density at radius 1 is 1.50 bits per heavy atom. The predicted molar refractivity (Wildman–Crippen MR) is 63.0 cm³/mol. The molecule has 1 fully saturated rings. The van der Waals surface area contributed by atoms with Crippen molar-refractivity contribution < 1.29 is 13.2 Å². The van der Waals surface area contributed by atoms with Gasteiger partial charge in [0.25, 0.3) is 0 Å². The van der Waals surface area contributed by atoms with Crippen LogP contribution in [0.5, 0.6) is 0 Å². The van der Waals surface area contributed by atoms with Gasteiger partial charge in [-0.2, -0.15) is 0 Å². The quantitative estimate of drug-likeness (QED) is 0.715. The van der Waals surface area contributed by atoms with Crippen LogP contribution in [-0.4, -0.2) is 44.5 Å². The van der Waals surface area contributed by atoms with E-state index in [-0.39, 0.29) is 29.5 Å². The predicted octanol–water partition coefficient (Wildman–Crippen LogP) is -0.322. The number of hydrogen-bond donors (Lipinski definition) is 2. The zero-order valence-corrected chi connectivity index (χ0v) is 10.6. The second kappa shape index (κ2) is 5.63. The maximum absolute atomic E-state index is 11.5. The fraction of sp³-hybridized carbons (Fsp3) is 0.900. The van der Waals surface area contributed by atoms with Gasteiger partial charge in [-0.15, -0.1) is 0 Å². The average Bonchev–Trinajstić information content (AvgIpc) is 2.16. The van der Waals surface area contributed by atoms with Gasteiger partial charge in [0.05, 0.1) is 17.5 Å². The zero-order chi connectivity index (χ0) is 12.2. The van der Waals surface area contributed by atoms with Crippen LogP contribution >= 0.6 is 0 Å². The van der Waals surface area contributed by atoms with E-state index in [9.17, 15) is 13.2 Å². The van der Waals surface area contributed by atoms with Crippen LogP contribution in [0.1, 0.15) is 26.7 Å². The normalized spacial score (nSPS) is 26.0. The summed E-state index contributed by atoms with van der Waals surface area (Å²) >= 11 is 0. The van der Waals surface area contributed by atoms with Crippen molar-refractivity contribution in [2.75, 3.05) is 18.1 Å². The van der Waals surface area contributed by atoms with Crippen LogP contribution in [0.25, 0.3) is 0 Å². The van der Waals surface area contributed by atoms with Gasteiger partial charge in [-0.1, -0.05) is 0 Å². The highest BCUT2D eigenvalue weighted by molar-refractivity contribution is 7.91. The molecule has 0 bridgehead atoms. The maximum atomic E-state index is 11.5. The summed E-state index contributed by atoms with van der Waals surface area (Å²) in [7, 11) is -2.91. The van der Waals surface area contributed by atoms with Gasteiger partial charge in [-0.25, -0.2) is 8.42 Å². The van der Waals surface area contributed by atoms with E-state index in [4.69, 9.17) is 0 Å². The molecule has 2 unspecified atom stereocenters. The number of nitrogens with one attached hydrogen (secondary N) is 2. The second-order valence-corrected chi connectivity index (χ2v) is 6.47. The summed E-state index contributed by atoms with van der Waals surface area (Å²) in [5, 5.41) is 5.77. The standard InChI is InChI=1S/C10H20N2O3S/c1-3-11-10(13)8(2)12-9-5-4-6-16(14,15)7-9/h8-9,12H,3-7H2,1-2H3,(H,11,13). The number of amides is 1. The lowest BCUT2D eigenvalue weighted by Crippen LogP contribution is -2.50. The van der Waals surface area contributed by atoms with E-state index in [1.54, 1.807) is 6.92 Å². The zero-order valence-electron chi connectivity index (χ0n) is 9.82. The van der Waals surface area contributed by atoms with Crippen molar-refractivity contribution in [3.8, 4) is 0 Å². The summed E-state index contributed by atoms with van der Waals surface area (Å²) in [6.07, 6.45) is 1.51. The molecule has 2 atom stereocenters. The molecule has 0 aromatic carbocycles. The lowest BCUT2D eigenvalue weighted by molar-refractivity contribution is -0.122. The minimum Gasteiger partial charge on any atom is -0.355 e. The Bertz CT molecular complexity index is 340. The molecule has 0 aromatic heterocycles. The highest BCUT2D eigenvalue weighted by atomic mass is 32.2. The number of rotatable bonds is 4. The molecule has 6 heteroatoms. The van der Waals surface area contributed by atoms with Crippen LogP contribution in [0.4, 0.5) is 0 Å². The molecular formula is C10H20N2O3S. The summed E-state index contributed by atoms with van der Waals surface area (Å²) in [5.74, 6) is 0.350. The number of carbonyl (C=O) groups excluding carboxylic acids is 1. The van der Waals surface area contributed by atoms with E-state index in [0.29, 0.717) is 13.0 Å². The molecule has 0 radical (unpaired) electrons. The van der Waals surface area contributed by atoms with Gasteiger partial charge in [0.2, 0.25) is 5.91 Å². The number of likely N-dealkylation sites (N-methyl/N-ethyl adjacent to an activating group) is 1. The largest absolute Gasteiger partial charge is 0.355 e. The lowest BCUT2D eigenvalue weighted by Gasteiger charge is -2.26. The summed E-state index contributed by atoms with van der Waals surface area (Å²) in [6, 6.07) is -0.422. The van der Waals surface area contributed by atoms with Gasteiger partial charge in [0, 0.05) is 12.6 Å². The third-order valence-electron chi connectivity index (χ3n) is 2.69. The molecule has 0 saturated carbocycles. The SMILES string of the molecule is CCNC(=O)C(C)NC1CCCS(=O)(=O)C1. The molecule has 2 N–H and O–H groups in total. The summed E-state index contributed by atoms with van der Waals surface area (Å²) in [5.41, 5.74) is 0. The van der Waals surface area contributed by atoms with Crippen molar-refractivity contribution in [1.82, 2.24) is 10.6 Å². The lowest BCUT2D eigenvalue weighted by atomic mass is 10.1. The summed E-state index contributed by atoms with van der Waals surface area (Å²) in [6.45, 7) is 4.20. The first-order chi connectivity index (χ1) is 7.44. The first kappa shape index (κ1) is 13.4. The average molecular weight is 248 g/mol. The first-order valence-electron chi connectivity index (χ1n) is 5.69. The molecule has 1 heterocycles. The van der Waals surface area contributed by atoms with Crippen molar-refractivity contribution in [2.24, 2.45) is 0 Å². The topological polar surface area (TPSA) is 75.3 Å². The van der Waals surface area contributed by atoms with Gasteiger partial charge in [0.15, 0.2) is 9.84 Å². The molecule has 1 amide bonds. The van der Waals surface area contributed by atoms with Gasteiger partial charge in [-0.3, -0.25) is 4.79 Å². The van der Waals surface area contributed by atoms with E-state index < -0.39 is 9.84 Å². The minimum atomic E-state index is -2.91. The van der Waals surface area contributed by atoms with Gasteiger partial charge < -0.3 is 10.6 Å². The van der Waals surface area contributed by atoms with Crippen molar-refractivity contribution in [2.45, 2.75) is 38.8 Å². The molecule has 0 spiro atoms. The number of sulfone groups is 1. The molecular weight excluding hydrogens is 228 g/mol. The molecule has 0 aromatic rings. The molecule has 94 valence electrons. The highest BCUT2D eigenvalue weighted by Gasteiger charge is 2.26. The fourth-order valence-corrected chi connectivity index (χ4v) is 3.56. The minimum absolute atomic E-state index is 0.0783. The molecule has 0 aliphatic carbocycles. The highest BCUT2D eigenvalue weighted by Crippen LogP contribution is 2.12. The molecule has 5 nitrogen and oxygen atoms in total.